The third kappa shape index (κ3) is 6.35. The van der Waals surface area contributed by atoms with Crippen molar-refractivity contribution in [3.05, 3.63) is 205 Å². The fourth-order valence-corrected chi connectivity index (χ4v) is 9.97. The van der Waals surface area contributed by atoms with Crippen LogP contribution in [0.25, 0.3) is 73.7 Å². The smallest absolute Gasteiger partial charge is 0.0441 e. The average Bonchev–Trinajstić information content (AvgIpc) is 3.81. The SMILES string of the molecule is N=Cc1ccc(-c2cccc3c2sc2ccccc23)c2sc3c(-c4ccccc4)cc(-c4ccccc4)cc3c12.c1ccc(Cc2ccccc2)cc1. The molecule has 0 atom stereocenters. The molecule has 0 unspecified atom stereocenters. The molecule has 0 bridgehead atoms. The van der Waals surface area contributed by atoms with Gasteiger partial charge in [0.15, 0.2) is 0 Å². The van der Waals surface area contributed by atoms with Crippen LogP contribution in [0, 0.1) is 5.41 Å². The van der Waals surface area contributed by atoms with Crippen LogP contribution in [0.1, 0.15) is 16.7 Å². The van der Waals surface area contributed by atoms with Gasteiger partial charge in [-0.1, -0.05) is 170 Å². The molecule has 2 heterocycles. The molecule has 10 aromatic rings. The molecule has 0 radical (unpaired) electrons. The molecule has 0 aliphatic heterocycles. The Labute approximate surface area is 317 Å². The van der Waals surface area contributed by atoms with E-state index < -0.39 is 0 Å². The van der Waals surface area contributed by atoms with Crippen LogP contribution in [0.5, 0.6) is 0 Å². The van der Waals surface area contributed by atoms with Gasteiger partial charge in [-0.25, -0.2) is 0 Å². The van der Waals surface area contributed by atoms with Gasteiger partial charge in [0.25, 0.3) is 0 Å². The van der Waals surface area contributed by atoms with Crippen molar-refractivity contribution in [1.82, 2.24) is 0 Å². The monoisotopic (exact) mass is 713 g/mol. The maximum atomic E-state index is 8.34. The number of rotatable bonds is 6. The fourth-order valence-electron chi connectivity index (χ4n) is 7.36. The van der Waals surface area contributed by atoms with Gasteiger partial charge in [-0.3, -0.25) is 0 Å². The highest BCUT2D eigenvalue weighted by Crippen LogP contribution is 2.49. The molecule has 8 aromatic carbocycles. The summed E-state index contributed by atoms with van der Waals surface area (Å²) < 4.78 is 5.13. The highest BCUT2D eigenvalue weighted by atomic mass is 32.1. The zero-order valence-electron chi connectivity index (χ0n) is 29.0. The largest absolute Gasteiger partial charge is 0.308 e. The van der Waals surface area contributed by atoms with Gasteiger partial charge < -0.3 is 5.41 Å². The summed E-state index contributed by atoms with van der Waals surface area (Å²) in [5, 5.41) is 13.3. The van der Waals surface area contributed by atoms with Gasteiger partial charge in [-0.05, 0) is 52.4 Å². The van der Waals surface area contributed by atoms with E-state index in [9.17, 15) is 0 Å². The first kappa shape index (κ1) is 32.8. The second-order valence-corrected chi connectivity index (χ2v) is 15.3. The van der Waals surface area contributed by atoms with Crippen molar-refractivity contribution in [3.8, 4) is 33.4 Å². The Balaban J connectivity index is 0.000000242. The van der Waals surface area contributed by atoms with Crippen LogP contribution in [0.15, 0.2) is 188 Å². The van der Waals surface area contributed by atoms with E-state index in [0.717, 1.165) is 12.0 Å². The second kappa shape index (κ2) is 14.5. The quantitative estimate of drug-likeness (QED) is 0.166. The van der Waals surface area contributed by atoms with Crippen molar-refractivity contribution >= 4 is 69.2 Å². The summed E-state index contributed by atoms with van der Waals surface area (Å²) in [5.41, 5.74) is 11.0. The van der Waals surface area contributed by atoms with Gasteiger partial charge in [0.05, 0.1) is 0 Å². The van der Waals surface area contributed by atoms with Gasteiger partial charge in [-0.15, -0.1) is 22.7 Å². The number of nitrogens with one attached hydrogen (secondary N) is 1. The minimum absolute atomic E-state index is 0.956. The summed E-state index contributed by atoms with van der Waals surface area (Å²) in [6, 6.07) is 66.7. The molecular formula is C50H35NS2. The number of hydrogen-bond donors (Lipinski definition) is 1. The first-order chi connectivity index (χ1) is 26.2. The molecule has 3 heteroatoms. The van der Waals surface area contributed by atoms with Gasteiger partial charge in [0.2, 0.25) is 0 Å². The minimum Gasteiger partial charge on any atom is -0.308 e. The summed E-state index contributed by atoms with van der Waals surface area (Å²) >= 11 is 3.72. The Bertz CT molecular complexity index is 2820. The van der Waals surface area contributed by atoms with Gasteiger partial charge in [0, 0.05) is 68.8 Å². The standard InChI is InChI=1S/C37H23NS2.C13H12/c38-22-25-18-19-30(29-16-9-15-28-27-14-7-8-17-33(27)39-35(28)29)37-34(25)32-21-26(23-10-3-1-4-11-23)20-31(36(32)40-37)24-12-5-2-6-13-24;1-3-7-12(8-4-1)11-13-9-5-2-6-10-13/h1-22,38H;1-10H,11H2. The first-order valence-corrected chi connectivity index (χ1v) is 19.5. The molecule has 0 saturated carbocycles. The lowest BCUT2D eigenvalue weighted by Gasteiger charge is -2.10. The van der Waals surface area contributed by atoms with E-state index in [1.807, 2.05) is 22.7 Å². The predicted octanol–water partition coefficient (Wildman–Crippen LogP) is 14.7. The lowest BCUT2D eigenvalue weighted by Crippen LogP contribution is -1.86. The lowest BCUT2D eigenvalue weighted by atomic mass is 9.93. The van der Waals surface area contributed by atoms with Crippen LogP contribution in [-0.4, -0.2) is 6.21 Å². The zero-order chi connectivity index (χ0) is 35.6. The molecule has 0 fully saturated rings. The molecule has 0 aliphatic rings. The number of thiophene rings is 2. The van der Waals surface area contributed by atoms with Crippen LogP contribution in [-0.2, 0) is 6.42 Å². The van der Waals surface area contributed by atoms with Crippen molar-refractivity contribution in [1.29, 1.82) is 5.41 Å². The molecule has 10 rings (SSSR count). The highest BCUT2D eigenvalue weighted by Gasteiger charge is 2.20. The van der Waals surface area contributed by atoms with E-state index in [0.29, 0.717) is 0 Å². The molecule has 252 valence electrons. The van der Waals surface area contributed by atoms with Crippen molar-refractivity contribution < 1.29 is 0 Å². The van der Waals surface area contributed by atoms with Crippen molar-refractivity contribution in [2.75, 3.05) is 0 Å². The molecule has 0 aliphatic carbocycles. The molecule has 0 spiro atoms. The topological polar surface area (TPSA) is 23.9 Å². The highest BCUT2D eigenvalue weighted by molar-refractivity contribution is 7.27. The van der Waals surface area contributed by atoms with E-state index in [2.05, 4.69) is 188 Å². The Kier molecular flexibility index (Phi) is 8.95. The lowest BCUT2D eigenvalue weighted by molar-refractivity contribution is 1.19. The number of fused-ring (bicyclic) bond motifs is 6. The summed E-state index contributed by atoms with van der Waals surface area (Å²) in [6.07, 6.45) is 2.54. The van der Waals surface area contributed by atoms with Crippen molar-refractivity contribution in [2.45, 2.75) is 6.42 Å². The van der Waals surface area contributed by atoms with E-state index in [-0.39, 0.29) is 0 Å². The van der Waals surface area contributed by atoms with Gasteiger partial charge in [0.1, 0.15) is 0 Å². The Hall–Kier alpha value is -6.13. The van der Waals surface area contributed by atoms with Crippen molar-refractivity contribution in [3.63, 3.8) is 0 Å². The van der Waals surface area contributed by atoms with Crippen LogP contribution < -0.4 is 0 Å². The van der Waals surface area contributed by atoms with Crippen LogP contribution in [0.4, 0.5) is 0 Å². The predicted molar refractivity (Wildman–Crippen MR) is 232 cm³/mol. The van der Waals surface area contributed by atoms with Crippen LogP contribution in [0.3, 0.4) is 0 Å². The Morgan fingerprint density at radius 1 is 0.396 bits per heavy atom. The summed E-state index contributed by atoms with van der Waals surface area (Å²) in [4.78, 5) is 0. The summed E-state index contributed by atoms with van der Waals surface area (Å²) in [5.74, 6) is 0. The number of benzene rings is 8. The van der Waals surface area contributed by atoms with E-state index >= 15 is 0 Å². The van der Waals surface area contributed by atoms with E-state index in [1.165, 1.54) is 91.1 Å². The molecule has 0 saturated heterocycles. The third-order valence-electron chi connectivity index (χ3n) is 9.89. The summed E-state index contributed by atoms with van der Waals surface area (Å²) in [6.45, 7) is 0. The molecule has 2 aromatic heterocycles. The maximum Gasteiger partial charge on any atom is 0.0441 e. The average molecular weight is 714 g/mol. The molecule has 1 N–H and O–H groups in total. The maximum absolute atomic E-state index is 8.34. The van der Waals surface area contributed by atoms with Crippen LogP contribution >= 0.6 is 22.7 Å². The molecule has 53 heavy (non-hydrogen) atoms. The minimum atomic E-state index is 0.956. The van der Waals surface area contributed by atoms with Gasteiger partial charge in [-0.2, -0.15) is 0 Å². The second-order valence-electron chi connectivity index (χ2n) is 13.2. The zero-order valence-corrected chi connectivity index (χ0v) is 30.6. The van der Waals surface area contributed by atoms with E-state index in [1.54, 1.807) is 0 Å². The molecular weight excluding hydrogens is 679 g/mol. The Morgan fingerprint density at radius 2 is 0.962 bits per heavy atom. The molecule has 1 nitrogen and oxygen atoms in total. The Morgan fingerprint density at radius 3 is 1.64 bits per heavy atom. The third-order valence-corrected chi connectivity index (χ3v) is 12.4. The van der Waals surface area contributed by atoms with Gasteiger partial charge >= 0.3 is 0 Å². The van der Waals surface area contributed by atoms with Crippen molar-refractivity contribution in [2.24, 2.45) is 0 Å². The summed E-state index contributed by atoms with van der Waals surface area (Å²) in [7, 11) is 0. The van der Waals surface area contributed by atoms with Crippen LogP contribution in [0.2, 0.25) is 0 Å². The normalized spacial score (nSPS) is 11.2. The number of hydrogen-bond acceptors (Lipinski definition) is 3. The van der Waals surface area contributed by atoms with E-state index in [4.69, 9.17) is 5.41 Å². The fraction of sp³-hybridized carbons (Fsp3) is 0.0200. The molecule has 0 amide bonds. The first-order valence-electron chi connectivity index (χ1n) is 17.9.